The van der Waals surface area contributed by atoms with Gasteiger partial charge in [-0.1, -0.05) is 37.8 Å². The number of aliphatic hydroxyl groups excluding tert-OH is 1. The van der Waals surface area contributed by atoms with Crippen molar-refractivity contribution in [2.24, 2.45) is 5.92 Å². The van der Waals surface area contributed by atoms with Crippen LogP contribution < -0.4 is 0 Å². The van der Waals surface area contributed by atoms with Crippen LogP contribution in [0.4, 0.5) is 4.39 Å². The van der Waals surface area contributed by atoms with Gasteiger partial charge in [0.15, 0.2) is 0 Å². The summed E-state index contributed by atoms with van der Waals surface area (Å²) in [5, 5.41) is 10.3. The Kier molecular flexibility index (Phi) is 5.19. The summed E-state index contributed by atoms with van der Waals surface area (Å²) in [6.07, 6.45) is 7.41. The molecule has 0 aromatic heterocycles. The number of hydrogen-bond donors (Lipinski definition) is 1. The fraction of sp³-hybridized carbons (Fsp3) is 0.600. The predicted molar refractivity (Wildman–Crippen MR) is 75.0 cm³/mol. The van der Waals surface area contributed by atoms with Gasteiger partial charge in [0.2, 0.25) is 0 Å². The van der Waals surface area contributed by atoms with E-state index in [0.29, 0.717) is 16.8 Å². The molecule has 1 nitrogen and oxygen atoms in total. The minimum atomic E-state index is -0.346. The molecule has 1 N–H and O–H groups in total. The maximum absolute atomic E-state index is 13.4. The summed E-state index contributed by atoms with van der Waals surface area (Å²) in [5.41, 5.74) is 0.867. The van der Waals surface area contributed by atoms with Gasteiger partial charge in [0.05, 0.1) is 10.6 Å². The Hall–Kier alpha value is -0.410. The Morgan fingerprint density at radius 2 is 1.89 bits per heavy atom. The number of benzene rings is 1. The minimum Gasteiger partial charge on any atom is -0.392 e. The van der Waals surface area contributed by atoms with E-state index in [0.717, 1.165) is 18.4 Å². The molecule has 0 bridgehead atoms. The van der Waals surface area contributed by atoms with Gasteiger partial charge in [-0.25, -0.2) is 4.39 Å². The topological polar surface area (TPSA) is 20.2 Å². The molecule has 0 radical (unpaired) electrons. The Labute approximate surface area is 117 Å². The number of aliphatic hydroxyl groups is 1. The molecule has 1 saturated carbocycles. The minimum absolute atomic E-state index is 0.249. The second-order valence-electron chi connectivity index (χ2n) is 5.24. The normalized spacial score (nSPS) is 19.5. The molecular weight excluding hydrogens is 295 g/mol. The lowest BCUT2D eigenvalue weighted by Crippen LogP contribution is -2.22. The zero-order valence-corrected chi connectivity index (χ0v) is 12.1. The third-order valence-corrected chi connectivity index (χ3v) is 4.79. The Balaban J connectivity index is 2.01. The average molecular weight is 315 g/mol. The van der Waals surface area contributed by atoms with E-state index in [4.69, 9.17) is 0 Å². The highest BCUT2D eigenvalue weighted by Crippen LogP contribution is 2.29. The first-order valence-electron chi connectivity index (χ1n) is 6.79. The molecule has 1 unspecified atom stereocenters. The van der Waals surface area contributed by atoms with Crippen LogP contribution in [0.5, 0.6) is 0 Å². The summed E-state index contributed by atoms with van der Waals surface area (Å²) < 4.78 is 13.9. The van der Waals surface area contributed by atoms with Crippen molar-refractivity contribution in [3.8, 4) is 0 Å². The highest BCUT2D eigenvalue weighted by atomic mass is 79.9. The molecular formula is C15H20BrFO. The van der Waals surface area contributed by atoms with Gasteiger partial charge in [0.1, 0.15) is 5.82 Å². The summed E-state index contributed by atoms with van der Waals surface area (Å²) in [7, 11) is 0. The van der Waals surface area contributed by atoms with Gasteiger partial charge >= 0.3 is 0 Å². The van der Waals surface area contributed by atoms with E-state index in [1.165, 1.54) is 31.7 Å². The summed E-state index contributed by atoms with van der Waals surface area (Å²) >= 11 is 3.26. The molecule has 3 heteroatoms. The van der Waals surface area contributed by atoms with E-state index in [9.17, 15) is 9.50 Å². The first-order valence-corrected chi connectivity index (χ1v) is 7.58. The standard InChI is InChI=1S/C15H20BrFO/c16-15-12(8-5-9-13(15)17)10-14(18)11-6-3-1-2-4-7-11/h5,8-9,11,14,18H,1-4,6-7,10H2. The molecule has 1 aromatic carbocycles. The first-order chi connectivity index (χ1) is 8.68. The predicted octanol–water partition coefficient (Wildman–Crippen LogP) is 4.46. The van der Waals surface area contributed by atoms with Gasteiger partial charge in [-0.2, -0.15) is 0 Å². The second-order valence-corrected chi connectivity index (χ2v) is 6.03. The van der Waals surface area contributed by atoms with Crippen molar-refractivity contribution >= 4 is 15.9 Å². The monoisotopic (exact) mass is 314 g/mol. The summed E-state index contributed by atoms with van der Waals surface area (Å²) in [5.74, 6) is 0.128. The number of halogens is 2. The smallest absolute Gasteiger partial charge is 0.137 e. The molecule has 100 valence electrons. The Morgan fingerprint density at radius 1 is 1.22 bits per heavy atom. The second kappa shape index (κ2) is 6.67. The molecule has 1 aliphatic carbocycles. The number of rotatable bonds is 3. The van der Waals surface area contributed by atoms with Crippen LogP contribution in [0, 0.1) is 11.7 Å². The Morgan fingerprint density at radius 3 is 2.56 bits per heavy atom. The summed E-state index contributed by atoms with van der Waals surface area (Å²) in [6.45, 7) is 0. The third-order valence-electron chi connectivity index (χ3n) is 3.90. The molecule has 2 rings (SSSR count). The van der Waals surface area contributed by atoms with Crippen LogP contribution in [0.15, 0.2) is 22.7 Å². The van der Waals surface area contributed by atoms with Gasteiger partial charge in [0.25, 0.3) is 0 Å². The molecule has 0 amide bonds. The molecule has 1 aromatic rings. The highest BCUT2D eigenvalue weighted by Gasteiger charge is 2.22. The summed E-state index contributed by atoms with van der Waals surface area (Å²) in [4.78, 5) is 0. The van der Waals surface area contributed by atoms with Crippen LogP contribution in [-0.2, 0) is 6.42 Å². The maximum Gasteiger partial charge on any atom is 0.137 e. The summed E-state index contributed by atoms with van der Waals surface area (Å²) in [6, 6.07) is 5.02. The van der Waals surface area contributed by atoms with Crippen LogP contribution in [0.3, 0.4) is 0 Å². The van der Waals surface area contributed by atoms with Gasteiger partial charge in [0, 0.05) is 0 Å². The lowest BCUT2D eigenvalue weighted by molar-refractivity contribution is 0.0984. The lowest BCUT2D eigenvalue weighted by atomic mass is 9.90. The van der Waals surface area contributed by atoms with Crippen molar-refractivity contribution in [1.29, 1.82) is 0 Å². The molecule has 0 aliphatic heterocycles. The highest BCUT2D eigenvalue weighted by molar-refractivity contribution is 9.10. The number of hydrogen-bond acceptors (Lipinski definition) is 1. The largest absolute Gasteiger partial charge is 0.392 e. The first kappa shape index (κ1) is 14.0. The lowest BCUT2D eigenvalue weighted by Gasteiger charge is -2.21. The van der Waals surface area contributed by atoms with Crippen LogP contribution in [0.1, 0.15) is 44.1 Å². The van der Waals surface area contributed by atoms with Crippen molar-refractivity contribution < 1.29 is 9.50 Å². The van der Waals surface area contributed by atoms with E-state index in [1.54, 1.807) is 6.07 Å². The van der Waals surface area contributed by atoms with Crippen molar-refractivity contribution in [2.45, 2.75) is 51.0 Å². The van der Waals surface area contributed by atoms with E-state index in [-0.39, 0.29) is 11.9 Å². The van der Waals surface area contributed by atoms with E-state index in [1.807, 2.05) is 6.07 Å². The molecule has 18 heavy (non-hydrogen) atoms. The molecule has 1 atom stereocenters. The van der Waals surface area contributed by atoms with Crippen LogP contribution in [0.25, 0.3) is 0 Å². The fourth-order valence-electron chi connectivity index (χ4n) is 2.79. The quantitative estimate of drug-likeness (QED) is 0.816. The SMILES string of the molecule is OC(Cc1cccc(F)c1Br)C1CCCCCC1. The van der Waals surface area contributed by atoms with Gasteiger partial charge in [-0.05, 0) is 52.7 Å². The van der Waals surface area contributed by atoms with E-state index >= 15 is 0 Å². The van der Waals surface area contributed by atoms with E-state index < -0.39 is 0 Å². The Bertz CT molecular complexity index is 386. The van der Waals surface area contributed by atoms with Crippen LogP contribution >= 0.6 is 15.9 Å². The van der Waals surface area contributed by atoms with Crippen LogP contribution in [-0.4, -0.2) is 11.2 Å². The fourth-order valence-corrected chi connectivity index (χ4v) is 3.22. The molecule has 1 aliphatic rings. The van der Waals surface area contributed by atoms with Crippen molar-refractivity contribution in [2.75, 3.05) is 0 Å². The zero-order valence-electron chi connectivity index (χ0n) is 10.5. The van der Waals surface area contributed by atoms with Gasteiger partial charge in [-0.3, -0.25) is 0 Å². The maximum atomic E-state index is 13.4. The van der Waals surface area contributed by atoms with Crippen molar-refractivity contribution in [3.63, 3.8) is 0 Å². The molecule has 1 fully saturated rings. The average Bonchev–Trinajstić information content (AvgIpc) is 2.63. The van der Waals surface area contributed by atoms with Crippen molar-refractivity contribution in [1.82, 2.24) is 0 Å². The molecule has 0 heterocycles. The third kappa shape index (κ3) is 3.55. The molecule has 0 spiro atoms. The van der Waals surface area contributed by atoms with Crippen molar-refractivity contribution in [3.05, 3.63) is 34.1 Å². The zero-order chi connectivity index (χ0) is 13.0. The van der Waals surface area contributed by atoms with E-state index in [2.05, 4.69) is 15.9 Å². The van der Waals surface area contributed by atoms with Gasteiger partial charge < -0.3 is 5.11 Å². The molecule has 0 saturated heterocycles. The van der Waals surface area contributed by atoms with Gasteiger partial charge in [-0.15, -0.1) is 0 Å². The van der Waals surface area contributed by atoms with Crippen LogP contribution in [0.2, 0.25) is 0 Å².